The Morgan fingerprint density at radius 3 is 2.71 bits per heavy atom. The van der Waals surface area contributed by atoms with Crippen LogP contribution >= 0.6 is 0 Å². The highest BCUT2D eigenvalue weighted by molar-refractivity contribution is 5.95. The summed E-state index contributed by atoms with van der Waals surface area (Å²) < 4.78 is 17.8. The van der Waals surface area contributed by atoms with Crippen molar-refractivity contribution in [3.8, 4) is 11.8 Å². The molecule has 0 N–H and O–H groups in total. The number of benzene rings is 1. The van der Waals surface area contributed by atoms with Crippen molar-refractivity contribution in [1.82, 2.24) is 0 Å². The van der Waals surface area contributed by atoms with Crippen molar-refractivity contribution in [1.29, 1.82) is 0 Å². The molecule has 4 heteroatoms. The van der Waals surface area contributed by atoms with Gasteiger partial charge in [-0.3, -0.25) is 4.79 Å². The lowest BCUT2D eigenvalue weighted by Gasteiger charge is -1.98. The van der Waals surface area contributed by atoms with E-state index in [4.69, 9.17) is 0 Å². The molecule has 0 aromatic heterocycles. The lowest BCUT2D eigenvalue weighted by molar-refractivity contribution is -0.136. The quantitative estimate of drug-likeness (QED) is 0.446. The topological polar surface area (TPSA) is 43.4 Å². The highest BCUT2D eigenvalue weighted by atomic mass is 19.1. The minimum Gasteiger partial charge on any atom is -0.456 e. The van der Waals surface area contributed by atoms with Crippen LogP contribution in [0.1, 0.15) is 29.8 Å². The van der Waals surface area contributed by atoms with Gasteiger partial charge in [0, 0.05) is 11.5 Å². The second-order valence-corrected chi connectivity index (χ2v) is 3.22. The van der Waals surface area contributed by atoms with E-state index in [0.29, 0.717) is 5.56 Å². The molecule has 1 aromatic rings. The number of esters is 1. The van der Waals surface area contributed by atoms with Crippen LogP contribution in [0.3, 0.4) is 0 Å². The van der Waals surface area contributed by atoms with Crippen molar-refractivity contribution in [2.45, 2.75) is 13.8 Å². The molecule has 0 radical (unpaired) electrons. The minimum atomic E-state index is -0.652. The zero-order valence-corrected chi connectivity index (χ0v) is 9.54. The molecule has 0 heterocycles. The van der Waals surface area contributed by atoms with Gasteiger partial charge in [-0.1, -0.05) is 5.92 Å². The van der Waals surface area contributed by atoms with Crippen LogP contribution in [0.2, 0.25) is 0 Å². The van der Waals surface area contributed by atoms with Crippen LogP contribution in [-0.2, 0) is 9.53 Å². The molecule has 0 aliphatic rings. The van der Waals surface area contributed by atoms with E-state index >= 15 is 0 Å². The molecule has 0 spiro atoms. The molecule has 0 atom stereocenters. The summed E-state index contributed by atoms with van der Waals surface area (Å²) in [4.78, 5) is 22.0. The van der Waals surface area contributed by atoms with Gasteiger partial charge in [0.05, 0.1) is 12.2 Å². The zero-order chi connectivity index (χ0) is 12.8. The van der Waals surface area contributed by atoms with Crippen LogP contribution in [0.4, 0.5) is 4.39 Å². The lowest BCUT2D eigenvalue weighted by Crippen LogP contribution is -2.00. The van der Waals surface area contributed by atoms with Gasteiger partial charge in [0.25, 0.3) is 0 Å². The minimum absolute atomic E-state index is 0.0411. The maximum absolute atomic E-state index is 13.2. The molecule has 0 aliphatic carbocycles. The summed E-state index contributed by atoms with van der Waals surface area (Å²) in [5, 5.41) is 0. The molecule has 3 nitrogen and oxygen atoms in total. The fraction of sp³-hybridized carbons (Fsp3) is 0.231. The molecular weight excluding hydrogens is 223 g/mol. The summed E-state index contributed by atoms with van der Waals surface area (Å²) >= 11 is 0. The predicted octanol–water partition coefficient (Wildman–Crippen LogP) is 1.94. The third-order valence-corrected chi connectivity index (χ3v) is 1.93. The summed E-state index contributed by atoms with van der Waals surface area (Å²) in [5.41, 5.74) is 0.352. The first kappa shape index (κ1) is 12.9. The molecule has 1 rings (SSSR count). The highest BCUT2D eigenvalue weighted by Crippen LogP contribution is 2.10. The number of ketones is 1. The molecule has 1 aromatic carbocycles. The van der Waals surface area contributed by atoms with Crippen molar-refractivity contribution in [3.63, 3.8) is 0 Å². The van der Waals surface area contributed by atoms with E-state index < -0.39 is 11.8 Å². The van der Waals surface area contributed by atoms with Gasteiger partial charge >= 0.3 is 5.97 Å². The van der Waals surface area contributed by atoms with E-state index in [1.807, 2.05) is 0 Å². The Labute approximate surface area is 98.6 Å². The Bertz CT molecular complexity index is 509. The zero-order valence-electron chi connectivity index (χ0n) is 9.54. The number of ether oxygens (including phenoxy) is 1. The molecule has 17 heavy (non-hydrogen) atoms. The summed E-state index contributed by atoms with van der Waals surface area (Å²) in [6.45, 7) is 3.18. The van der Waals surface area contributed by atoms with Crippen LogP contribution in [0.25, 0.3) is 0 Å². The largest absolute Gasteiger partial charge is 0.456 e. The van der Waals surface area contributed by atoms with Crippen molar-refractivity contribution in [3.05, 3.63) is 35.1 Å². The van der Waals surface area contributed by atoms with Crippen LogP contribution in [-0.4, -0.2) is 18.4 Å². The maximum Gasteiger partial charge on any atom is 0.384 e. The second kappa shape index (κ2) is 5.80. The summed E-state index contributed by atoms with van der Waals surface area (Å²) in [6.07, 6.45) is 0. The Balaban J connectivity index is 2.97. The molecule has 0 saturated carbocycles. The Kier molecular flexibility index (Phi) is 4.41. The average Bonchev–Trinajstić information content (AvgIpc) is 2.28. The predicted molar refractivity (Wildman–Crippen MR) is 59.9 cm³/mol. The fourth-order valence-corrected chi connectivity index (χ4v) is 1.16. The molecule has 88 valence electrons. The first-order valence-electron chi connectivity index (χ1n) is 5.04. The summed E-state index contributed by atoms with van der Waals surface area (Å²) in [5.74, 6) is 3.11. The summed E-state index contributed by atoms with van der Waals surface area (Å²) in [7, 11) is 0. The monoisotopic (exact) mass is 234 g/mol. The number of Topliss-reactive ketones (excluding diaryl/α,β-unsaturated/α-hetero) is 1. The van der Waals surface area contributed by atoms with E-state index in [1.165, 1.54) is 19.1 Å². The molecule has 0 fully saturated rings. The standard InChI is InChI=1S/C13H11FO3/c1-3-17-13(16)7-5-10-4-6-12(14)11(8-10)9(2)15/h4,6,8H,3H2,1-2H3. The average molecular weight is 234 g/mol. The Hall–Kier alpha value is -2.15. The number of rotatable bonds is 2. The van der Waals surface area contributed by atoms with Gasteiger partial charge in [-0.15, -0.1) is 0 Å². The molecule has 0 bridgehead atoms. The SMILES string of the molecule is CCOC(=O)C#Cc1ccc(F)c(C(C)=O)c1. The van der Waals surface area contributed by atoms with Crippen LogP contribution in [0.15, 0.2) is 18.2 Å². The van der Waals surface area contributed by atoms with Crippen molar-refractivity contribution < 1.29 is 18.7 Å². The smallest absolute Gasteiger partial charge is 0.384 e. The number of hydrogen-bond donors (Lipinski definition) is 0. The van der Waals surface area contributed by atoms with Gasteiger partial charge in [-0.05, 0) is 32.0 Å². The van der Waals surface area contributed by atoms with E-state index in [9.17, 15) is 14.0 Å². The fourth-order valence-electron chi connectivity index (χ4n) is 1.16. The number of carbonyl (C=O) groups is 2. The lowest BCUT2D eigenvalue weighted by atomic mass is 10.1. The Morgan fingerprint density at radius 2 is 2.12 bits per heavy atom. The molecule has 0 aliphatic heterocycles. The molecule has 0 saturated heterocycles. The maximum atomic E-state index is 13.2. The van der Waals surface area contributed by atoms with Crippen LogP contribution in [0, 0.1) is 17.7 Å². The first-order valence-corrected chi connectivity index (χ1v) is 5.04. The van der Waals surface area contributed by atoms with Gasteiger partial charge in [0.2, 0.25) is 0 Å². The molecule has 0 amide bonds. The number of carbonyl (C=O) groups excluding carboxylic acids is 2. The van der Waals surface area contributed by atoms with Crippen LogP contribution in [0.5, 0.6) is 0 Å². The van der Waals surface area contributed by atoms with Gasteiger partial charge in [0.1, 0.15) is 5.82 Å². The molecular formula is C13H11FO3. The number of hydrogen-bond acceptors (Lipinski definition) is 3. The second-order valence-electron chi connectivity index (χ2n) is 3.22. The van der Waals surface area contributed by atoms with Gasteiger partial charge in [-0.2, -0.15) is 0 Å². The van der Waals surface area contributed by atoms with Gasteiger partial charge in [0.15, 0.2) is 5.78 Å². The highest BCUT2D eigenvalue weighted by Gasteiger charge is 2.07. The Morgan fingerprint density at radius 1 is 1.41 bits per heavy atom. The van der Waals surface area contributed by atoms with Crippen LogP contribution < -0.4 is 0 Å². The van der Waals surface area contributed by atoms with E-state index in [0.717, 1.165) is 6.07 Å². The molecule has 0 unspecified atom stereocenters. The van der Waals surface area contributed by atoms with Gasteiger partial charge < -0.3 is 4.74 Å². The van der Waals surface area contributed by atoms with E-state index in [1.54, 1.807) is 6.92 Å². The number of halogens is 1. The summed E-state index contributed by atoms with van der Waals surface area (Å²) in [6, 6.07) is 3.85. The van der Waals surface area contributed by atoms with Crippen molar-refractivity contribution in [2.75, 3.05) is 6.61 Å². The normalized spacial score (nSPS) is 9.12. The van der Waals surface area contributed by atoms with E-state index in [-0.39, 0.29) is 18.0 Å². The van der Waals surface area contributed by atoms with Gasteiger partial charge in [-0.25, -0.2) is 9.18 Å². The third kappa shape index (κ3) is 3.72. The van der Waals surface area contributed by atoms with Crippen molar-refractivity contribution >= 4 is 11.8 Å². The third-order valence-electron chi connectivity index (χ3n) is 1.93. The van der Waals surface area contributed by atoms with E-state index in [2.05, 4.69) is 16.6 Å². The van der Waals surface area contributed by atoms with Crippen molar-refractivity contribution in [2.24, 2.45) is 0 Å². The first-order chi connectivity index (χ1) is 8.04.